The van der Waals surface area contributed by atoms with Crippen LogP contribution in [0.3, 0.4) is 0 Å². The summed E-state index contributed by atoms with van der Waals surface area (Å²) in [5, 5.41) is 3.47. The second-order valence-electron chi connectivity index (χ2n) is 4.66. The number of nitrogens with one attached hydrogen (secondary N) is 1. The van der Waals surface area contributed by atoms with Crippen LogP contribution in [0.5, 0.6) is 5.75 Å². The van der Waals surface area contributed by atoms with Gasteiger partial charge in [0, 0.05) is 9.50 Å². The van der Waals surface area contributed by atoms with E-state index in [2.05, 4.69) is 21.2 Å². The average Bonchev–Trinajstić information content (AvgIpc) is 2.45. The monoisotopic (exact) mass is 367 g/mol. The van der Waals surface area contributed by atoms with E-state index in [0.717, 1.165) is 21.3 Å². The molecule has 110 valence electrons. The number of hydrogen-bond donors (Lipinski definition) is 1. The Labute approximate surface area is 137 Å². The molecule has 1 N–H and O–H groups in total. The third kappa shape index (κ3) is 4.22. The molecule has 0 saturated heterocycles. The number of ether oxygens (including phenoxy) is 1. The Bertz CT molecular complexity index is 673. The molecular weight excluding hydrogens is 354 g/mol. The highest BCUT2D eigenvalue weighted by Crippen LogP contribution is 2.29. The topological polar surface area (TPSA) is 38.3 Å². The highest BCUT2D eigenvalue weighted by molar-refractivity contribution is 9.10. The SMILES string of the molecule is COc1cccc(CC(=O)Nc2cc(Cl)c(C)cc2Br)c1. The van der Waals surface area contributed by atoms with Crippen molar-refractivity contribution in [3.05, 3.63) is 57.0 Å². The first-order chi connectivity index (χ1) is 9.99. The van der Waals surface area contributed by atoms with Crippen molar-refractivity contribution >= 4 is 39.1 Å². The number of methoxy groups -OCH3 is 1. The molecule has 0 radical (unpaired) electrons. The van der Waals surface area contributed by atoms with Crippen LogP contribution in [0.2, 0.25) is 5.02 Å². The molecule has 0 aliphatic rings. The molecule has 0 fully saturated rings. The van der Waals surface area contributed by atoms with Crippen LogP contribution < -0.4 is 10.1 Å². The van der Waals surface area contributed by atoms with Gasteiger partial charge in [-0.15, -0.1) is 0 Å². The van der Waals surface area contributed by atoms with E-state index in [-0.39, 0.29) is 12.3 Å². The summed E-state index contributed by atoms with van der Waals surface area (Å²) < 4.78 is 5.95. The van der Waals surface area contributed by atoms with Crippen molar-refractivity contribution in [3.63, 3.8) is 0 Å². The Hall–Kier alpha value is -1.52. The van der Waals surface area contributed by atoms with Crippen molar-refractivity contribution in [1.82, 2.24) is 0 Å². The smallest absolute Gasteiger partial charge is 0.228 e. The van der Waals surface area contributed by atoms with Gasteiger partial charge >= 0.3 is 0 Å². The van der Waals surface area contributed by atoms with Crippen LogP contribution in [0.15, 0.2) is 40.9 Å². The number of amides is 1. The summed E-state index contributed by atoms with van der Waals surface area (Å²) >= 11 is 9.51. The highest BCUT2D eigenvalue weighted by Gasteiger charge is 2.09. The minimum absolute atomic E-state index is 0.108. The summed E-state index contributed by atoms with van der Waals surface area (Å²) in [6.45, 7) is 1.91. The zero-order chi connectivity index (χ0) is 15.4. The lowest BCUT2D eigenvalue weighted by Gasteiger charge is -2.10. The van der Waals surface area contributed by atoms with Crippen molar-refractivity contribution in [2.75, 3.05) is 12.4 Å². The molecule has 2 rings (SSSR count). The summed E-state index contributed by atoms with van der Waals surface area (Å²) in [6.07, 6.45) is 0.273. The minimum Gasteiger partial charge on any atom is -0.497 e. The Morgan fingerprint density at radius 1 is 1.33 bits per heavy atom. The van der Waals surface area contributed by atoms with Crippen molar-refractivity contribution in [3.8, 4) is 5.75 Å². The molecule has 0 bridgehead atoms. The predicted octanol–water partition coefficient (Wildman–Crippen LogP) is 4.60. The largest absolute Gasteiger partial charge is 0.497 e. The molecule has 0 aliphatic heterocycles. The summed E-state index contributed by atoms with van der Waals surface area (Å²) in [5.74, 6) is 0.628. The highest BCUT2D eigenvalue weighted by atomic mass is 79.9. The van der Waals surface area contributed by atoms with Crippen molar-refractivity contribution in [2.45, 2.75) is 13.3 Å². The maximum Gasteiger partial charge on any atom is 0.228 e. The lowest BCUT2D eigenvalue weighted by Crippen LogP contribution is -2.14. The number of anilines is 1. The van der Waals surface area contributed by atoms with Gasteiger partial charge in [-0.05, 0) is 58.2 Å². The maximum atomic E-state index is 12.1. The standard InChI is InChI=1S/C16H15BrClNO2/c1-10-6-13(17)15(9-14(10)18)19-16(20)8-11-4-3-5-12(7-11)21-2/h3-7,9H,8H2,1-2H3,(H,19,20). The first-order valence-electron chi connectivity index (χ1n) is 6.38. The molecule has 0 heterocycles. The number of hydrogen-bond acceptors (Lipinski definition) is 2. The zero-order valence-corrected chi connectivity index (χ0v) is 14.1. The van der Waals surface area contributed by atoms with E-state index >= 15 is 0 Å². The van der Waals surface area contributed by atoms with Crippen LogP contribution in [-0.4, -0.2) is 13.0 Å². The van der Waals surface area contributed by atoms with Crippen LogP contribution in [0.1, 0.15) is 11.1 Å². The second-order valence-corrected chi connectivity index (χ2v) is 5.92. The second kappa shape index (κ2) is 6.96. The van der Waals surface area contributed by atoms with Crippen LogP contribution in [0.25, 0.3) is 0 Å². The summed E-state index contributed by atoms with van der Waals surface area (Å²) in [4.78, 5) is 12.1. The first-order valence-corrected chi connectivity index (χ1v) is 7.55. The Balaban J connectivity index is 2.09. The molecule has 3 nitrogen and oxygen atoms in total. The predicted molar refractivity (Wildman–Crippen MR) is 89.2 cm³/mol. The Morgan fingerprint density at radius 2 is 2.10 bits per heavy atom. The number of benzene rings is 2. The Morgan fingerprint density at radius 3 is 2.81 bits per heavy atom. The third-order valence-electron chi connectivity index (χ3n) is 3.02. The van der Waals surface area contributed by atoms with Gasteiger partial charge in [0.25, 0.3) is 0 Å². The lowest BCUT2D eigenvalue weighted by molar-refractivity contribution is -0.115. The average molecular weight is 369 g/mol. The van der Waals surface area contributed by atoms with E-state index in [0.29, 0.717) is 10.7 Å². The van der Waals surface area contributed by atoms with E-state index < -0.39 is 0 Å². The minimum atomic E-state index is -0.108. The van der Waals surface area contributed by atoms with Gasteiger partial charge in [-0.2, -0.15) is 0 Å². The van der Waals surface area contributed by atoms with Crippen LogP contribution in [0.4, 0.5) is 5.69 Å². The van der Waals surface area contributed by atoms with Crippen molar-refractivity contribution in [2.24, 2.45) is 0 Å². The van der Waals surface area contributed by atoms with Gasteiger partial charge in [-0.25, -0.2) is 0 Å². The number of carbonyl (C=O) groups excluding carboxylic acids is 1. The molecule has 5 heteroatoms. The molecule has 2 aromatic rings. The van der Waals surface area contributed by atoms with Gasteiger partial charge < -0.3 is 10.1 Å². The van der Waals surface area contributed by atoms with E-state index in [9.17, 15) is 4.79 Å². The van der Waals surface area contributed by atoms with Crippen LogP contribution >= 0.6 is 27.5 Å². The number of rotatable bonds is 4. The maximum absolute atomic E-state index is 12.1. The van der Waals surface area contributed by atoms with Gasteiger partial charge in [-0.3, -0.25) is 4.79 Å². The van der Waals surface area contributed by atoms with E-state index in [1.54, 1.807) is 13.2 Å². The molecule has 2 aromatic carbocycles. The molecule has 0 unspecified atom stereocenters. The number of carbonyl (C=O) groups is 1. The summed E-state index contributed by atoms with van der Waals surface area (Å²) in [6, 6.07) is 11.1. The van der Waals surface area contributed by atoms with Crippen LogP contribution in [0, 0.1) is 6.92 Å². The van der Waals surface area contributed by atoms with E-state index in [1.807, 2.05) is 37.3 Å². The molecule has 0 spiro atoms. The number of halogens is 2. The first kappa shape index (κ1) is 15.9. The van der Waals surface area contributed by atoms with Gasteiger partial charge in [0.15, 0.2) is 0 Å². The van der Waals surface area contributed by atoms with Gasteiger partial charge in [0.2, 0.25) is 5.91 Å². The van der Waals surface area contributed by atoms with Gasteiger partial charge in [0.1, 0.15) is 5.75 Å². The molecule has 0 aliphatic carbocycles. The quantitative estimate of drug-likeness (QED) is 0.856. The van der Waals surface area contributed by atoms with Gasteiger partial charge in [-0.1, -0.05) is 23.7 Å². The molecular formula is C16H15BrClNO2. The van der Waals surface area contributed by atoms with E-state index in [1.165, 1.54) is 0 Å². The lowest BCUT2D eigenvalue weighted by atomic mass is 10.1. The molecule has 0 aromatic heterocycles. The molecule has 21 heavy (non-hydrogen) atoms. The van der Waals surface area contributed by atoms with Crippen molar-refractivity contribution < 1.29 is 9.53 Å². The fourth-order valence-electron chi connectivity index (χ4n) is 1.90. The third-order valence-corrected chi connectivity index (χ3v) is 4.08. The van der Waals surface area contributed by atoms with Crippen LogP contribution in [-0.2, 0) is 11.2 Å². The zero-order valence-electron chi connectivity index (χ0n) is 11.7. The Kier molecular flexibility index (Phi) is 5.26. The number of aryl methyl sites for hydroxylation is 1. The molecule has 0 atom stereocenters. The summed E-state index contributed by atoms with van der Waals surface area (Å²) in [7, 11) is 1.60. The van der Waals surface area contributed by atoms with E-state index in [4.69, 9.17) is 16.3 Å². The van der Waals surface area contributed by atoms with Gasteiger partial charge in [0.05, 0.1) is 19.2 Å². The molecule has 1 amide bonds. The summed E-state index contributed by atoms with van der Waals surface area (Å²) in [5.41, 5.74) is 2.51. The molecule has 0 saturated carbocycles. The normalized spacial score (nSPS) is 10.3. The fourth-order valence-corrected chi connectivity index (χ4v) is 2.62. The van der Waals surface area contributed by atoms with Crippen molar-refractivity contribution in [1.29, 1.82) is 0 Å². The fraction of sp³-hybridized carbons (Fsp3) is 0.188.